The maximum atomic E-state index is 11.7. The lowest BCUT2D eigenvalue weighted by Crippen LogP contribution is -2.50. The second kappa shape index (κ2) is 7.79. The Kier molecular flexibility index (Phi) is 6.58. The number of carbonyl (C=O) groups excluding carboxylic acids is 1. The molecule has 0 spiro atoms. The highest BCUT2D eigenvalue weighted by Crippen LogP contribution is 2.14. The summed E-state index contributed by atoms with van der Waals surface area (Å²) in [5, 5.41) is 53.5. The number of nitrogens with one attached hydrogen (secondary N) is 1. The molecule has 1 aromatic rings. The highest BCUT2D eigenvalue weighted by Gasteiger charge is 2.34. The predicted molar refractivity (Wildman–Crippen MR) is 77.6 cm³/mol. The number of anilines is 1. The number of nitrogens with two attached hydrogens (primary N) is 1. The molecule has 10 nitrogen and oxygen atoms in total. The van der Waals surface area contributed by atoms with E-state index in [0.717, 1.165) is 12.1 Å². The van der Waals surface area contributed by atoms with E-state index in [4.69, 9.17) is 15.4 Å². The molecule has 0 unspecified atom stereocenters. The average molecular weight is 350 g/mol. The minimum Gasteiger partial charge on any atom is -0.394 e. The van der Waals surface area contributed by atoms with Crippen molar-refractivity contribution >= 4 is 21.6 Å². The van der Waals surface area contributed by atoms with Crippen molar-refractivity contribution in [2.24, 2.45) is 5.14 Å². The molecule has 0 aliphatic heterocycles. The van der Waals surface area contributed by atoms with Gasteiger partial charge in [0.25, 0.3) is 5.91 Å². The van der Waals surface area contributed by atoms with Crippen LogP contribution in [0.15, 0.2) is 29.2 Å². The summed E-state index contributed by atoms with van der Waals surface area (Å²) >= 11 is 0. The van der Waals surface area contributed by atoms with Gasteiger partial charge in [0.05, 0.1) is 11.5 Å². The molecule has 0 heterocycles. The topological polar surface area (TPSA) is 190 Å². The van der Waals surface area contributed by atoms with Gasteiger partial charge in [0.15, 0.2) is 6.10 Å². The van der Waals surface area contributed by atoms with Crippen LogP contribution in [0.1, 0.15) is 0 Å². The van der Waals surface area contributed by atoms with Crippen molar-refractivity contribution in [1.82, 2.24) is 0 Å². The molecule has 1 rings (SSSR count). The van der Waals surface area contributed by atoms with E-state index in [0.29, 0.717) is 0 Å². The molecule has 0 fully saturated rings. The van der Waals surface area contributed by atoms with Gasteiger partial charge in [0, 0.05) is 5.69 Å². The summed E-state index contributed by atoms with van der Waals surface area (Å²) in [6, 6.07) is 4.65. The number of aliphatic hydroxyl groups excluding tert-OH is 5. The van der Waals surface area contributed by atoms with E-state index in [9.17, 15) is 28.5 Å². The average Bonchev–Trinajstić information content (AvgIpc) is 2.51. The third-order valence-corrected chi connectivity index (χ3v) is 3.90. The van der Waals surface area contributed by atoms with Crippen molar-refractivity contribution < 1.29 is 38.7 Å². The van der Waals surface area contributed by atoms with Crippen molar-refractivity contribution in [2.45, 2.75) is 29.3 Å². The summed E-state index contributed by atoms with van der Waals surface area (Å²) in [6.45, 7) is -0.873. The standard InChI is InChI=1S/C12H18N2O8S/c13-23(21,22)7-3-1-6(2-4-7)14-12(20)11(19)10(18)9(17)8(16)5-15/h1-4,8-11,15-19H,5H2,(H,14,20)(H2,13,21,22)/t8-,9-,10+,11-/m1/s1. The highest BCUT2D eigenvalue weighted by atomic mass is 32.2. The fraction of sp³-hybridized carbons (Fsp3) is 0.417. The molecule has 0 radical (unpaired) electrons. The number of benzene rings is 1. The molecular formula is C12H18N2O8S. The number of carbonyl (C=O) groups is 1. The number of primary sulfonamides is 1. The first kappa shape index (κ1) is 19.4. The number of aliphatic hydroxyl groups is 5. The summed E-state index contributed by atoms with van der Waals surface area (Å²) in [5.41, 5.74) is 0.103. The van der Waals surface area contributed by atoms with Gasteiger partial charge in [0.1, 0.15) is 18.3 Å². The Hall–Kier alpha value is -1.60. The molecule has 0 aliphatic carbocycles. The van der Waals surface area contributed by atoms with Crippen LogP contribution in [-0.2, 0) is 14.8 Å². The number of hydrogen-bond acceptors (Lipinski definition) is 8. The first-order chi connectivity index (χ1) is 10.6. The fourth-order valence-electron chi connectivity index (χ4n) is 1.62. The maximum Gasteiger partial charge on any atom is 0.256 e. The third-order valence-electron chi connectivity index (χ3n) is 2.97. The quantitative estimate of drug-likeness (QED) is 0.266. The Labute approximate surface area is 131 Å². The third kappa shape index (κ3) is 5.21. The Morgan fingerprint density at radius 2 is 1.61 bits per heavy atom. The SMILES string of the molecule is NS(=O)(=O)c1ccc(NC(=O)[C@H](O)[C@@H](O)[C@H](O)[C@H](O)CO)cc1. The Morgan fingerprint density at radius 3 is 2.04 bits per heavy atom. The van der Waals surface area contributed by atoms with Gasteiger partial charge in [-0.3, -0.25) is 4.79 Å². The molecule has 8 N–H and O–H groups in total. The van der Waals surface area contributed by atoms with Crippen molar-refractivity contribution in [3.63, 3.8) is 0 Å². The van der Waals surface area contributed by atoms with Crippen molar-refractivity contribution in [3.8, 4) is 0 Å². The van der Waals surface area contributed by atoms with E-state index in [1.165, 1.54) is 12.1 Å². The monoisotopic (exact) mass is 350 g/mol. The van der Waals surface area contributed by atoms with E-state index in [-0.39, 0.29) is 10.6 Å². The largest absolute Gasteiger partial charge is 0.394 e. The zero-order valence-corrected chi connectivity index (χ0v) is 12.6. The van der Waals surface area contributed by atoms with Crippen LogP contribution in [0.4, 0.5) is 5.69 Å². The summed E-state index contributed by atoms with van der Waals surface area (Å²) in [7, 11) is -3.89. The summed E-state index contributed by atoms with van der Waals surface area (Å²) in [5.74, 6) is -1.11. The summed E-state index contributed by atoms with van der Waals surface area (Å²) in [6.07, 6.45) is -7.81. The lowest BCUT2D eigenvalue weighted by atomic mass is 10.0. The van der Waals surface area contributed by atoms with E-state index in [1.54, 1.807) is 0 Å². The molecule has 0 saturated heterocycles. The lowest BCUT2D eigenvalue weighted by molar-refractivity contribution is -0.144. The molecule has 11 heteroatoms. The normalized spacial score (nSPS) is 17.1. The number of hydrogen-bond donors (Lipinski definition) is 7. The minimum absolute atomic E-state index is 0.103. The van der Waals surface area contributed by atoms with Gasteiger partial charge in [0.2, 0.25) is 10.0 Å². The van der Waals surface area contributed by atoms with E-state index in [1.807, 2.05) is 0 Å². The first-order valence-electron chi connectivity index (χ1n) is 6.34. The Balaban J connectivity index is 2.75. The van der Waals surface area contributed by atoms with Gasteiger partial charge < -0.3 is 30.8 Å². The molecule has 4 atom stereocenters. The fourth-order valence-corrected chi connectivity index (χ4v) is 2.14. The van der Waals surface area contributed by atoms with Crippen LogP contribution < -0.4 is 10.5 Å². The number of sulfonamides is 1. The van der Waals surface area contributed by atoms with Gasteiger partial charge in [-0.2, -0.15) is 0 Å². The van der Waals surface area contributed by atoms with Crippen LogP contribution in [0, 0.1) is 0 Å². The van der Waals surface area contributed by atoms with Gasteiger partial charge in [-0.1, -0.05) is 0 Å². The first-order valence-corrected chi connectivity index (χ1v) is 7.89. The van der Waals surface area contributed by atoms with Crippen molar-refractivity contribution in [2.75, 3.05) is 11.9 Å². The van der Waals surface area contributed by atoms with E-state index in [2.05, 4.69) is 5.32 Å². The summed E-state index contributed by atoms with van der Waals surface area (Å²) in [4.78, 5) is 11.5. The molecule has 1 aromatic carbocycles. The maximum absolute atomic E-state index is 11.7. The molecule has 23 heavy (non-hydrogen) atoms. The highest BCUT2D eigenvalue weighted by molar-refractivity contribution is 7.89. The zero-order chi connectivity index (χ0) is 17.8. The van der Waals surface area contributed by atoms with Crippen molar-refractivity contribution in [1.29, 1.82) is 0 Å². The van der Waals surface area contributed by atoms with Gasteiger partial charge in [-0.05, 0) is 24.3 Å². The van der Waals surface area contributed by atoms with Crippen LogP contribution >= 0.6 is 0 Å². The zero-order valence-electron chi connectivity index (χ0n) is 11.8. The van der Waals surface area contributed by atoms with Crippen LogP contribution in [0.2, 0.25) is 0 Å². The predicted octanol–water partition coefficient (Wildman–Crippen LogP) is -3.29. The Bertz CT molecular complexity index is 633. The van der Waals surface area contributed by atoms with Gasteiger partial charge in [-0.25, -0.2) is 13.6 Å². The number of amides is 1. The van der Waals surface area contributed by atoms with Gasteiger partial charge in [-0.15, -0.1) is 0 Å². The second-order valence-corrected chi connectivity index (χ2v) is 6.30. The lowest BCUT2D eigenvalue weighted by Gasteiger charge is -2.24. The number of rotatable bonds is 7. The van der Waals surface area contributed by atoms with E-state index >= 15 is 0 Å². The van der Waals surface area contributed by atoms with Crippen LogP contribution in [0.3, 0.4) is 0 Å². The summed E-state index contributed by atoms with van der Waals surface area (Å²) < 4.78 is 22.2. The van der Waals surface area contributed by atoms with Crippen molar-refractivity contribution in [3.05, 3.63) is 24.3 Å². The molecule has 0 aliphatic rings. The molecule has 130 valence electrons. The second-order valence-electron chi connectivity index (χ2n) is 4.73. The van der Waals surface area contributed by atoms with Gasteiger partial charge >= 0.3 is 0 Å². The van der Waals surface area contributed by atoms with Crippen LogP contribution in [0.5, 0.6) is 0 Å². The molecule has 0 aromatic heterocycles. The van der Waals surface area contributed by atoms with E-state index < -0.39 is 47.0 Å². The smallest absolute Gasteiger partial charge is 0.256 e. The van der Waals surface area contributed by atoms with Crippen LogP contribution in [-0.4, -0.2) is 70.9 Å². The molecular weight excluding hydrogens is 332 g/mol. The van der Waals surface area contributed by atoms with Crippen LogP contribution in [0.25, 0.3) is 0 Å². The molecule has 0 saturated carbocycles. The Morgan fingerprint density at radius 1 is 1.09 bits per heavy atom. The molecule has 0 bridgehead atoms. The minimum atomic E-state index is -3.89. The molecule has 1 amide bonds.